The van der Waals surface area contributed by atoms with E-state index in [1.165, 1.54) is 11.3 Å². The Morgan fingerprint density at radius 3 is 2.48 bits per heavy atom. The van der Waals surface area contributed by atoms with Crippen LogP contribution >= 0.6 is 11.3 Å². The summed E-state index contributed by atoms with van der Waals surface area (Å²) in [5, 5.41) is 11.5. The second-order valence-corrected chi connectivity index (χ2v) is 8.09. The molecule has 1 N–H and O–H groups in total. The summed E-state index contributed by atoms with van der Waals surface area (Å²) in [6.07, 6.45) is 3.14. The predicted molar refractivity (Wildman–Crippen MR) is 88.5 cm³/mol. The van der Waals surface area contributed by atoms with Gasteiger partial charge < -0.3 is 9.52 Å². The number of hydrogen-bond donors (Lipinski definition) is 1. The van der Waals surface area contributed by atoms with Gasteiger partial charge in [-0.2, -0.15) is 0 Å². The van der Waals surface area contributed by atoms with E-state index >= 15 is 0 Å². The smallest absolute Gasteiger partial charge is 0.160 e. The summed E-state index contributed by atoms with van der Waals surface area (Å²) in [6.45, 7) is -0.0529. The van der Waals surface area contributed by atoms with E-state index < -0.39 is 9.84 Å². The Morgan fingerprint density at radius 1 is 1.09 bits per heavy atom. The van der Waals surface area contributed by atoms with Crippen molar-refractivity contribution in [3.05, 3.63) is 65.1 Å². The second-order valence-electron chi connectivity index (χ2n) is 5.16. The highest BCUT2D eigenvalue weighted by Gasteiger charge is 2.16. The van der Waals surface area contributed by atoms with Crippen molar-refractivity contribution in [2.24, 2.45) is 0 Å². The Hall–Kier alpha value is -1.96. The lowest BCUT2D eigenvalue weighted by molar-refractivity contribution is 0.282. The predicted octanol–water partition coefficient (Wildman–Crippen LogP) is 3.01. The molecule has 0 bridgehead atoms. The van der Waals surface area contributed by atoms with Crippen molar-refractivity contribution in [1.29, 1.82) is 0 Å². The number of aliphatic hydroxyl groups is 1. The molecule has 0 fully saturated rings. The number of sulfone groups is 1. The van der Waals surface area contributed by atoms with Crippen LogP contribution < -0.4 is 0 Å². The highest BCUT2D eigenvalue weighted by Crippen LogP contribution is 2.25. The maximum atomic E-state index is 12.3. The molecule has 0 spiro atoms. The highest BCUT2D eigenvalue weighted by molar-refractivity contribution is 7.89. The fraction of sp³-hybridized carbons (Fsp3) is 0.188. The Balaban J connectivity index is 1.70. The standard InChI is InChI=1S/C16H15NO4S2/c18-7-12-1-3-13(4-2-12)10-23(19,20)11-15-9-22-16(17-15)14-5-6-21-8-14/h1-6,8-9,18H,7,10-11H2. The van der Waals surface area contributed by atoms with Gasteiger partial charge in [-0.05, 0) is 17.2 Å². The maximum Gasteiger partial charge on any atom is 0.160 e. The molecule has 2 heterocycles. The van der Waals surface area contributed by atoms with Gasteiger partial charge >= 0.3 is 0 Å². The minimum atomic E-state index is -3.30. The quantitative estimate of drug-likeness (QED) is 0.740. The van der Waals surface area contributed by atoms with Gasteiger partial charge in [-0.3, -0.25) is 0 Å². The Labute approximate surface area is 138 Å². The molecule has 2 aromatic heterocycles. The van der Waals surface area contributed by atoms with Crippen molar-refractivity contribution in [1.82, 2.24) is 4.98 Å². The van der Waals surface area contributed by atoms with Crippen molar-refractivity contribution >= 4 is 21.2 Å². The third kappa shape index (κ3) is 4.07. The molecule has 0 saturated heterocycles. The van der Waals surface area contributed by atoms with Crippen LogP contribution in [0.1, 0.15) is 16.8 Å². The first kappa shape index (κ1) is 15.9. The van der Waals surface area contributed by atoms with Crippen molar-refractivity contribution in [3.63, 3.8) is 0 Å². The lowest BCUT2D eigenvalue weighted by atomic mass is 10.2. The summed E-state index contributed by atoms with van der Waals surface area (Å²) in [4.78, 5) is 4.35. The molecule has 23 heavy (non-hydrogen) atoms. The van der Waals surface area contributed by atoms with Crippen LogP contribution in [0.5, 0.6) is 0 Å². The van der Waals surface area contributed by atoms with Gasteiger partial charge in [0.2, 0.25) is 0 Å². The lowest BCUT2D eigenvalue weighted by Gasteiger charge is -2.04. The molecule has 0 amide bonds. The first-order valence-corrected chi connectivity index (χ1v) is 9.62. The summed E-state index contributed by atoms with van der Waals surface area (Å²) in [7, 11) is -3.30. The van der Waals surface area contributed by atoms with Gasteiger partial charge in [-0.1, -0.05) is 24.3 Å². The highest BCUT2D eigenvalue weighted by atomic mass is 32.2. The summed E-state index contributed by atoms with van der Waals surface area (Å²) in [6, 6.07) is 8.69. The molecule has 5 nitrogen and oxygen atoms in total. The fourth-order valence-corrected chi connectivity index (χ4v) is 4.48. The number of aliphatic hydroxyl groups excluding tert-OH is 1. The number of nitrogens with zero attached hydrogens (tertiary/aromatic N) is 1. The van der Waals surface area contributed by atoms with Gasteiger partial charge in [0.1, 0.15) is 11.3 Å². The number of benzene rings is 1. The van der Waals surface area contributed by atoms with Gasteiger partial charge in [0, 0.05) is 10.9 Å². The summed E-state index contributed by atoms with van der Waals surface area (Å²) < 4.78 is 29.6. The Bertz CT molecular complexity index is 865. The molecule has 0 saturated carbocycles. The Morgan fingerprint density at radius 2 is 1.83 bits per heavy atom. The molecule has 3 aromatic rings. The summed E-state index contributed by atoms with van der Waals surface area (Å²) in [5.74, 6) is -0.139. The van der Waals surface area contributed by atoms with Crippen LogP contribution in [0.2, 0.25) is 0 Å². The van der Waals surface area contributed by atoms with E-state index in [0.29, 0.717) is 11.3 Å². The molecule has 0 aliphatic carbocycles. The SMILES string of the molecule is O=S(=O)(Cc1ccc(CO)cc1)Cc1csc(-c2ccoc2)n1. The molecule has 0 radical (unpaired) electrons. The number of hydrogen-bond acceptors (Lipinski definition) is 6. The van der Waals surface area contributed by atoms with Crippen molar-refractivity contribution in [2.45, 2.75) is 18.1 Å². The molecule has 0 atom stereocenters. The number of thiazole rings is 1. The average Bonchev–Trinajstić information content (AvgIpc) is 3.18. The van der Waals surface area contributed by atoms with E-state index in [9.17, 15) is 8.42 Å². The second kappa shape index (κ2) is 6.66. The van der Waals surface area contributed by atoms with Crippen LogP contribution in [-0.2, 0) is 27.9 Å². The number of aromatic nitrogens is 1. The molecular weight excluding hydrogens is 334 g/mol. The lowest BCUT2D eigenvalue weighted by Crippen LogP contribution is -2.08. The van der Waals surface area contributed by atoms with E-state index in [2.05, 4.69) is 4.98 Å². The van der Waals surface area contributed by atoms with E-state index in [1.54, 1.807) is 48.2 Å². The molecule has 0 aliphatic heterocycles. The van der Waals surface area contributed by atoms with Crippen LogP contribution in [-0.4, -0.2) is 18.5 Å². The van der Waals surface area contributed by atoms with Crippen molar-refractivity contribution < 1.29 is 17.9 Å². The minimum Gasteiger partial charge on any atom is -0.472 e. The van der Waals surface area contributed by atoms with E-state index in [1.807, 2.05) is 0 Å². The van der Waals surface area contributed by atoms with Crippen molar-refractivity contribution in [2.75, 3.05) is 0 Å². The van der Waals surface area contributed by atoms with Gasteiger partial charge in [0.25, 0.3) is 0 Å². The average molecular weight is 349 g/mol. The zero-order valence-corrected chi connectivity index (χ0v) is 13.8. The third-order valence-corrected chi connectivity index (χ3v) is 5.73. The first-order valence-electron chi connectivity index (χ1n) is 6.92. The largest absolute Gasteiger partial charge is 0.472 e. The van der Waals surface area contributed by atoms with Gasteiger partial charge in [-0.15, -0.1) is 11.3 Å². The summed E-state index contributed by atoms with van der Waals surface area (Å²) in [5.41, 5.74) is 2.85. The van der Waals surface area contributed by atoms with Gasteiger partial charge in [0.05, 0.1) is 30.1 Å². The van der Waals surface area contributed by atoms with E-state index in [-0.39, 0.29) is 18.1 Å². The summed E-state index contributed by atoms with van der Waals surface area (Å²) >= 11 is 1.40. The van der Waals surface area contributed by atoms with Gasteiger partial charge in [0.15, 0.2) is 9.84 Å². The van der Waals surface area contributed by atoms with E-state index in [4.69, 9.17) is 9.52 Å². The van der Waals surface area contributed by atoms with Crippen LogP contribution in [0.25, 0.3) is 10.6 Å². The number of furan rings is 1. The molecule has 0 aliphatic rings. The molecule has 3 rings (SSSR count). The monoisotopic (exact) mass is 349 g/mol. The van der Waals surface area contributed by atoms with Crippen LogP contribution in [0, 0.1) is 0 Å². The van der Waals surface area contributed by atoms with Crippen LogP contribution in [0.4, 0.5) is 0 Å². The molecule has 1 aromatic carbocycles. The van der Waals surface area contributed by atoms with Crippen LogP contribution in [0.15, 0.2) is 52.7 Å². The minimum absolute atomic E-state index is 0.0444. The van der Waals surface area contributed by atoms with E-state index in [0.717, 1.165) is 16.1 Å². The number of rotatable bonds is 6. The molecule has 7 heteroatoms. The normalized spacial score (nSPS) is 11.7. The Kier molecular flexibility index (Phi) is 4.61. The molecule has 0 unspecified atom stereocenters. The molecule has 120 valence electrons. The maximum absolute atomic E-state index is 12.3. The van der Waals surface area contributed by atoms with Crippen molar-refractivity contribution in [3.8, 4) is 10.6 Å². The first-order chi connectivity index (χ1) is 11.1. The van der Waals surface area contributed by atoms with Crippen LogP contribution in [0.3, 0.4) is 0 Å². The zero-order valence-electron chi connectivity index (χ0n) is 12.2. The topological polar surface area (TPSA) is 80.4 Å². The third-order valence-electron chi connectivity index (χ3n) is 3.28. The van der Waals surface area contributed by atoms with Gasteiger partial charge in [-0.25, -0.2) is 13.4 Å². The fourth-order valence-electron chi connectivity index (χ4n) is 2.16. The zero-order chi connectivity index (χ0) is 16.3. The molecular formula is C16H15NO4S2.